The van der Waals surface area contributed by atoms with Crippen LogP contribution in [0.15, 0.2) is 11.7 Å². The van der Waals surface area contributed by atoms with Crippen molar-refractivity contribution in [3.8, 4) is 0 Å². The SMILES string of the molecule is CCC1CC(C)CCC1NCc1cncs1. The molecule has 1 aromatic heterocycles. The number of hydrogen-bond donors (Lipinski definition) is 1. The number of rotatable bonds is 4. The van der Waals surface area contributed by atoms with Crippen LogP contribution < -0.4 is 5.32 Å². The first-order valence-electron chi connectivity index (χ1n) is 6.40. The van der Waals surface area contributed by atoms with Gasteiger partial charge in [-0.05, 0) is 31.1 Å². The standard InChI is InChI=1S/C13H22N2S/c1-3-11-6-10(2)4-5-13(11)15-8-12-7-14-9-16-12/h7,9-11,13,15H,3-6,8H2,1-2H3. The molecule has 3 heteroatoms. The van der Waals surface area contributed by atoms with Crippen LogP contribution in [0, 0.1) is 11.8 Å². The Hall–Kier alpha value is -0.410. The van der Waals surface area contributed by atoms with E-state index in [1.165, 1.54) is 30.6 Å². The Morgan fingerprint density at radius 3 is 3.06 bits per heavy atom. The van der Waals surface area contributed by atoms with Crippen LogP contribution in [-0.2, 0) is 6.54 Å². The lowest BCUT2D eigenvalue weighted by atomic mass is 9.77. The second kappa shape index (κ2) is 5.78. The number of nitrogens with zero attached hydrogens (tertiary/aromatic N) is 1. The maximum atomic E-state index is 4.12. The van der Waals surface area contributed by atoms with Crippen molar-refractivity contribution in [2.24, 2.45) is 11.8 Å². The van der Waals surface area contributed by atoms with Crippen molar-refractivity contribution in [3.63, 3.8) is 0 Å². The van der Waals surface area contributed by atoms with Crippen LogP contribution in [0.3, 0.4) is 0 Å². The van der Waals surface area contributed by atoms with Crippen LogP contribution in [0.2, 0.25) is 0 Å². The van der Waals surface area contributed by atoms with Crippen molar-refractivity contribution < 1.29 is 0 Å². The third-order valence-electron chi connectivity index (χ3n) is 3.79. The predicted octanol–water partition coefficient (Wildman–Crippen LogP) is 3.45. The van der Waals surface area contributed by atoms with Crippen LogP contribution in [0.5, 0.6) is 0 Å². The minimum Gasteiger partial charge on any atom is -0.309 e. The fraction of sp³-hybridized carbons (Fsp3) is 0.769. The number of nitrogens with one attached hydrogen (secondary N) is 1. The van der Waals surface area contributed by atoms with Crippen molar-refractivity contribution in [3.05, 3.63) is 16.6 Å². The van der Waals surface area contributed by atoms with Crippen molar-refractivity contribution in [1.29, 1.82) is 0 Å². The van der Waals surface area contributed by atoms with Gasteiger partial charge in [0.1, 0.15) is 0 Å². The maximum absolute atomic E-state index is 4.12. The highest BCUT2D eigenvalue weighted by Crippen LogP contribution is 2.31. The summed E-state index contributed by atoms with van der Waals surface area (Å²) in [7, 11) is 0. The zero-order valence-corrected chi connectivity index (χ0v) is 11.1. The molecule has 2 nitrogen and oxygen atoms in total. The third kappa shape index (κ3) is 3.05. The quantitative estimate of drug-likeness (QED) is 0.869. The van der Waals surface area contributed by atoms with E-state index in [4.69, 9.17) is 0 Å². The number of aromatic nitrogens is 1. The van der Waals surface area contributed by atoms with E-state index >= 15 is 0 Å². The summed E-state index contributed by atoms with van der Waals surface area (Å²) >= 11 is 1.75. The van der Waals surface area contributed by atoms with Gasteiger partial charge in [0.2, 0.25) is 0 Å². The van der Waals surface area contributed by atoms with Crippen LogP contribution in [0.25, 0.3) is 0 Å². The molecule has 0 spiro atoms. The first-order valence-corrected chi connectivity index (χ1v) is 7.28. The molecule has 3 unspecified atom stereocenters. The molecule has 3 atom stereocenters. The minimum absolute atomic E-state index is 0.725. The van der Waals surface area contributed by atoms with E-state index in [-0.39, 0.29) is 0 Å². The molecule has 0 aromatic carbocycles. The molecular weight excluding hydrogens is 216 g/mol. The van der Waals surface area contributed by atoms with Gasteiger partial charge in [-0.1, -0.05) is 20.3 Å². The molecule has 1 fully saturated rings. The highest BCUT2D eigenvalue weighted by atomic mass is 32.1. The van der Waals surface area contributed by atoms with Gasteiger partial charge < -0.3 is 5.32 Å². The molecule has 0 amide bonds. The van der Waals surface area contributed by atoms with Gasteiger partial charge in [0, 0.05) is 23.7 Å². The van der Waals surface area contributed by atoms with Gasteiger partial charge in [-0.3, -0.25) is 4.98 Å². The lowest BCUT2D eigenvalue weighted by molar-refractivity contribution is 0.207. The molecule has 0 bridgehead atoms. The number of thiazole rings is 1. The normalized spacial score (nSPS) is 30.5. The van der Waals surface area contributed by atoms with E-state index in [9.17, 15) is 0 Å². The Morgan fingerprint density at radius 1 is 1.50 bits per heavy atom. The van der Waals surface area contributed by atoms with E-state index in [0.29, 0.717) is 0 Å². The Kier molecular flexibility index (Phi) is 4.36. The van der Waals surface area contributed by atoms with Gasteiger partial charge in [0.05, 0.1) is 5.51 Å². The predicted molar refractivity (Wildman–Crippen MR) is 69.5 cm³/mol. The first-order chi connectivity index (χ1) is 7.79. The molecule has 1 heterocycles. The fourth-order valence-electron chi connectivity index (χ4n) is 2.78. The second-order valence-electron chi connectivity index (χ2n) is 5.04. The molecule has 1 aromatic rings. The molecule has 0 saturated heterocycles. The highest BCUT2D eigenvalue weighted by Gasteiger charge is 2.26. The summed E-state index contributed by atoms with van der Waals surface area (Å²) < 4.78 is 0. The molecule has 1 saturated carbocycles. The second-order valence-corrected chi connectivity index (χ2v) is 6.01. The fourth-order valence-corrected chi connectivity index (χ4v) is 3.33. The Labute approximate surface area is 102 Å². The van der Waals surface area contributed by atoms with Crippen molar-refractivity contribution >= 4 is 11.3 Å². The van der Waals surface area contributed by atoms with Crippen molar-refractivity contribution in [2.75, 3.05) is 0 Å². The Balaban J connectivity index is 1.83. The molecular formula is C13H22N2S. The van der Waals surface area contributed by atoms with Gasteiger partial charge in [-0.2, -0.15) is 0 Å². The van der Waals surface area contributed by atoms with Gasteiger partial charge >= 0.3 is 0 Å². The summed E-state index contributed by atoms with van der Waals surface area (Å²) in [6.45, 7) is 5.71. The molecule has 16 heavy (non-hydrogen) atoms. The zero-order valence-electron chi connectivity index (χ0n) is 10.3. The Morgan fingerprint density at radius 2 is 2.38 bits per heavy atom. The molecule has 90 valence electrons. The minimum atomic E-state index is 0.725. The zero-order chi connectivity index (χ0) is 11.4. The first kappa shape index (κ1) is 12.1. The van der Waals surface area contributed by atoms with Crippen LogP contribution >= 0.6 is 11.3 Å². The Bertz CT molecular complexity index is 297. The molecule has 1 aliphatic rings. The third-order valence-corrected chi connectivity index (χ3v) is 4.57. The summed E-state index contributed by atoms with van der Waals surface area (Å²) in [6, 6.07) is 0.725. The molecule has 0 radical (unpaired) electrons. The average Bonchev–Trinajstić information content (AvgIpc) is 2.80. The average molecular weight is 238 g/mol. The van der Waals surface area contributed by atoms with E-state index < -0.39 is 0 Å². The van der Waals surface area contributed by atoms with E-state index in [1.807, 2.05) is 11.7 Å². The van der Waals surface area contributed by atoms with E-state index in [0.717, 1.165) is 24.4 Å². The largest absolute Gasteiger partial charge is 0.309 e. The van der Waals surface area contributed by atoms with Gasteiger partial charge in [-0.25, -0.2) is 0 Å². The smallest absolute Gasteiger partial charge is 0.0794 e. The summed E-state index contributed by atoms with van der Waals surface area (Å²) in [4.78, 5) is 5.47. The van der Waals surface area contributed by atoms with Gasteiger partial charge in [-0.15, -0.1) is 11.3 Å². The molecule has 1 aliphatic carbocycles. The van der Waals surface area contributed by atoms with Crippen molar-refractivity contribution in [1.82, 2.24) is 10.3 Å². The highest BCUT2D eigenvalue weighted by molar-refractivity contribution is 7.09. The van der Waals surface area contributed by atoms with Crippen LogP contribution in [0.1, 0.15) is 44.4 Å². The van der Waals surface area contributed by atoms with Crippen LogP contribution in [0.4, 0.5) is 0 Å². The van der Waals surface area contributed by atoms with E-state index in [1.54, 1.807) is 11.3 Å². The lowest BCUT2D eigenvalue weighted by Crippen LogP contribution is -2.39. The van der Waals surface area contributed by atoms with Crippen LogP contribution in [-0.4, -0.2) is 11.0 Å². The summed E-state index contributed by atoms with van der Waals surface area (Å²) in [6.07, 6.45) is 7.42. The molecule has 1 N–H and O–H groups in total. The van der Waals surface area contributed by atoms with Gasteiger partial charge in [0.15, 0.2) is 0 Å². The summed E-state index contributed by atoms with van der Waals surface area (Å²) in [5.41, 5.74) is 1.91. The number of hydrogen-bond acceptors (Lipinski definition) is 3. The van der Waals surface area contributed by atoms with Gasteiger partial charge in [0.25, 0.3) is 0 Å². The topological polar surface area (TPSA) is 24.9 Å². The molecule has 0 aliphatic heterocycles. The van der Waals surface area contributed by atoms with Crippen molar-refractivity contribution in [2.45, 2.75) is 52.1 Å². The summed E-state index contributed by atoms with van der Waals surface area (Å²) in [5.74, 6) is 1.79. The molecule has 2 rings (SSSR count). The maximum Gasteiger partial charge on any atom is 0.0794 e. The lowest BCUT2D eigenvalue weighted by Gasteiger charge is -2.35. The monoisotopic (exact) mass is 238 g/mol. The summed E-state index contributed by atoms with van der Waals surface area (Å²) in [5, 5.41) is 3.72. The van der Waals surface area contributed by atoms with E-state index in [2.05, 4.69) is 24.1 Å².